The van der Waals surface area contributed by atoms with Gasteiger partial charge in [-0.25, -0.2) is 4.79 Å². The quantitative estimate of drug-likeness (QED) is 0.686. The minimum Gasteiger partial charge on any atom is -0.328 e. The zero-order chi connectivity index (χ0) is 11.4. The van der Waals surface area contributed by atoms with E-state index in [2.05, 4.69) is 19.0 Å². The fraction of sp³-hybridized carbons (Fsp3) is 0.909. The number of rotatable bonds is 2. The van der Waals surface area contributed by atoms with Gasteiger partial charge in [-0.15, -0.1) is 0 Å². The molecule has 0 aromatic heterocycles. The minimum absolute atomic E-state index is 0.176. The second-order valence-corrected chi connectivity index (χ2v) is 4.48. The maximum Gasteiger partial charge on any atom is 0.319 e. The second kappa shape index (κ2) is 5.35. The first kappa shape index (κ1) is 12.3. The molecule has 0 spiro atoms. The van der Waals surface area contributed by atoms with Gasteiger partial charge < -0.3 is 14.7 Å². The molecule has 15 heavy (non-hydrogen) atoms. The van der Waals surface area contributed by atoms with Crippen molar-refractivity contribution in [2.24, 2.45) is 0 Å². The van der Waals surface area contributed by atoms with Gasteiger partial charge in [0, 0.05) is 32.7 Å². The van der Waals surface area contributed by atoms with Crippen LogP contribution in [-0.4, -0.2) is 67.5 Å². The minimum atomic E-state index is 0.176. The maximum absolute atomic E-state index is 11.8. The largest absolute Gasteiger partial charge is 0.328 e. The predicted octanol–water partition coefficient (Wildman–Crippen LogP) is 1.08. The van der Waals surface area contributed by atoms with Crippen molar-refractivity contribution in [1.29, 1.82) is 0 Å². The topological polar surface area (TPSA) is 26.8 Å². The number of nitrogens with zero attached hydrogens (tertiary/aromatic N) is 3. The van der Waals surface area contributed by atoms with E-state index in [4.69, 9.17) is 0 Å². The van der Waals surface area contributed by atoms with Gasteiger partial charge in [-0.2, -0.15) is 0 Å². The van der Waals surface area contributed by atoms with Crippen molar-refractivity contribution in [1.82, 2.24) is 14.7 Å². The van der Waals surface area contributed by atoms with Crippen molar-refractivity contribution in [2.75, 3.05) is 40.8 Å². The summed E-state index contributed by atoms with van der Waals surface area (Å²) in [4.78, 5) is 17.8. The van der Waals surface area contributed by atoms with E-state index in [1.54, 1.807) is 4.90 Å². The van der Waals surface area contributed by atoms with E-state index in [1.165, 1.54) is 0 Å². The van der Waals surface area contributed by atoms with E-state index >= 15 is 0 Å². The molecule has 0 unspecified atom stereocenters. The number of likely N-dealkylation sites (tertiary alicyclic amines) is 1. The fourth-order valence-electron chi connectivity index (χ4n) is 1.95. The average Bonchev–Trinajstić information content (AvgIpc) is 2.27. The number of amides is 2. The second-order valence-electron chi connectivity index (χ2n) is 4.48. The molecule has 4 nitrogen and oxygen atoms in total. The highest BCUT2D eigenvalue weighted by atomic mass is 16.2. The number of carbonyl (C=O) groups is 1. The third kappa shape index (κ3) is 3.09. The highest BCUT2D eigenvalue weighted by Gasteiger charge is 2.24. The van der Waals surface area contributed by atoms with Crippen molar-refractivity contribution >= 4 is 6.03 Å². The Bertz CT molecular complexity index is 210. The van der Waals surface area contributed by atoms with E-state index in [0.29, 0.717) is 6.04 Å². The molecule has 1 heterocycles. The number of urea groups is 1. The van der Waals surface area contributed by atoms with Gasteiger partial charge in [0.1, 0.15) is 0 Å². The van der Waals surface area contributed by atoms with E-state index in [1.807, 2.05) is 18.9 Å². The highest BCUT2D eigenvalue weighted by Crippen LogP contribution is 2.15. The van der Waals surface area contributed by atoms with Gasteiger partial charge in [0.2, 0.25) is 0 Å². The van der Waals surface area contributed by atoms with Crippen LogP contribution in [0.2, 0.25) is 0 Å². The summed E-state index contributed by atoms with van der Waals surface area (Å²) in [6, 6.07) is 0.815. The molecule has 2 amide bonds. The van der Waals surface area contributed by atoms with Crippen LogP contribution in [0.1, 0.15) is 19.8 Å². The number of hydrogen-bond donors (Lipinski definition) is 0. The molecular formula is C11H23N3O. The summed E-state index contributed by atoms with van der Waals surface area (Å²) in [5, 5.41) is 0. The zero-order valence-corrected chi connectivity index (χ0v) is 10.4. The van der Waals surface area contributed by atoms with Crippen molar-refractivity contribution in [2.45, 2.75) is 25.8 Å². The molecule has 1 aliphatic rings. The standard InChI is InChI=1S/C11H23N3O/c1-5-13(4)11(15)14-8-6-10(7-9-14)12(2)3/h10H,5-9H2,1-4H3. The molecule has 0 aliphatic carbocycles. The van der Waals surface area contributed by atoms with Crippen molar-refractivity contribution in [3.8, 4) is 0 Å². The Labute approximate surface area is 92.8 Å². The molecule has 0 N–H and O–H groups in total. The molecule has 1 saturated heterocycles. The summed E-state index contributed by atoms with van der Waals surface area (Å²) in [7, 11) is 6.08. The van der Waals surface area contributed by atoms with Gasteiger partial charge >= 0.3 is 6.03 Å². The molecule has 88 valence electrons. The predicted molar refractivity (Wildman–Crippen MR) is 62.0 cm³/mol. The van der Waals surface area contributed by atoms with Crippen molar-refractivity contribution in [3.63, 3.8) is 0 Å². The third-order valence-corrected chi connectivity index (χ3v) is 3.27. The molecule has 1 aliphatic heterocycles. The van der Waals surface area contributed by atoms with Crippen LogP contribution in [0.3, 0.4) is 0 Å². The van der Waals surface area contributed by atoms with Crippen LogP contribution >= 0.6 is 0 Å². The lowest BCUT2D eigenvalue weighted by molar-refractivity contribution is 0.127. The molecule has 0 aromatic rings. The summed E-state index contributed by atoms with van der Waals surface area (Å²) < 4.78 is 0. The lowest BCUT2D eigenvalue weighted by Crippen LogP contribution is -2.48. The first-order chi connectivity index (χ1) is 7.06. The van der Waals surface area contributed by atoms with E-state index in [-0.39, 0.29) is 6.03 Å². The van der Waals surface area contributed by atoms with E-state index in [0.717, 1.165) is 32.5 Å². The summed E-state index contributed by atoms with van der Waals surface area (Å²) in [5.41, 5.74) is 0. The van der Waals surface area contributed by atoms with Crippen LogP contribution in [0.15, 0.2) is 0 Å². The third-order valence-electron chi connectivity index (χ3n) is 3.27. The summed E-state index contributed by atoms with van der Waals surface area (Å²) in [5.74, 6) is 0. The Kier molecular flexibility index (Phi) is 4.39. The Morgan fingerprint density at radius 3 is 2.20 bits per heavy atom. The molecule has 0 saturated carbocycles. The van der Waals surface area contributed by atoms with Gasteiger partial charge in [-0.1, -0.05) is 0 Å². The molecule has 0 bridgehead atoms. The maximum atomic E-state index is 11.8. The lowest BCUT2D eigenvalue weighted by atomic mass is 10.0. The molecule has 1 fully saturated rings. The molecule has 0 aromatic carbocycles. The molecular weight excluding hydrogens is 190 g/mol. The molecule has 0 atom stereocenters. The van der Waals surface area contributed by atoms with Crippen LogP contribution < -0.4 is 0 Å². The number of hydrogen-bond acceptors (Lipinski definition) is 2. The fourth-order valence-corrected chi connectivity index (χ4v) is 1.95. The van der Waals surface area contributed by atoms with Crippen molar-refractivity contribution < 1.29 is 4.79 Å². The van der Waals surface area contributed by atoms with E-state index in [9.17, 15) is 4.79 Å². The van der Waals surface area contributed by atoms with Crippen molar-refractivity contribution in [3.05, 3.63) is 0 Å². The normalized spacial score (nSPS) is 18.3. The first-order valence-corrected chi connectivity index (χ1v) is 5.72. The van der Waals surface area contributed by atoms with Crippen LogP contribution in [-0.2, 0) is 0 Å². The van der Waals surface area contributed by atoms with Crippen LogP contribution in [0.5, 0.6) is 0 Å². The summed E-state index contributed by atoms with van der Waals surface area (Å²) in [6.45, 7) is 4.58. The Balaban J connectivity index is 2.40. The van der Waals surface area contributed by atoms with Gasteiger partial charge in [-0.3, -0.25) is 0 Å². The SMILES string of the molecule is CCN(C)C(=O)N1CCC(N(C)C)CC1. The number of carbonyl (C=O) groups excluding carboxylic acids is 1. The highest BCUT2D eigenvalue weighted by molar-refractivity contribution is 5.74. The molecule has 1 rings (SSSR count). The van der Waals surface area contributed by atoms with E-state index < -0.39 is 0 Å². The average molecular weight is 213 g/mol. The first-order valence-electron chi connectivity index (χ1n) is 5.72. The van der Waals surface area contributed by atoms with Crippen LogP contribution in [0, 0.1) is 0 Å². The smallest absolute Gasteiger partial charge is 0.319 e. The van der Waals surface area contributed by atoms with Gasteiger partial charge in [0.15, 0.2) is 0 Å². The summed E-state index contributed by atoms with van der Waals surface area (Å²) in [6.07, 6.45) is 2.19. The van der Waals surface area contributed by atoms with Gasteiger partial charge in [0.25, 0.3) is 0 Å². The lowest BCUT2D eigenvalue weighted by Gasteiger charge is -2.36. The Hall–Kier alpha value is -0.770. The summed E-state index contributed by atoms with van der Waals surface area (Å²) >= 11 is 0. The molecule has 0 radical (unpaired) electrons. The molecule has 4 heteroatoms. The van der Waals surface area contributed by atoms with Crippen LogP contribution in [0.4, 0.5) is 4.79 Å². The van der Waals surface area contributed by atoms with Gasteiger partial charge in [0.05, 0.1) is 0 Å². The Morgan fingerprint density at radius 1 is 1.27 bits per heavy atom. The van der Waals surface area contributed by atoms with Gasteiger partial charge in [-0.05, 0) is 33.9 Å². The zero-order valence-electron chi connectivity index (χ0n) is 10.4. The number of piperidine rings is 1. The Morgan fingerprint density at radius 2 is 1.80 bits per heavy atom. The van der Waals surface area contributed by atoms with Crippen LogP contribution in [0.25, 0.3) is 0 Å². The monoisotopic (exact) mass is 213 g/mol.